The van der Waals surface area contributed by atoms with Crippen molar-refractivity contribution in [1.82, 2.24) is 19.8 Å². The van der Waals surface area contributed by atoms with E-state index in [2.05, 4.69) is 32.0 Å². The molecule has 3 aromatic rings. The zero-order valence-corrected chi connectivity index (χ0v) is 18.3. The van der Waals surface area contributed by atoms with Crippen LogP contribution >= 0.6 is 0 Å². The molecule has 0 radical (unpaired) electrons. The van der Waals surface area contributed by atoms with Crippen LogP contribution in [0.5, 0.6) is 0 Å². The molecule has 2 fully saturated rings. The Morgan fingerprint density at radius 1 is 1.00 bits per heavy atom. The number of benzene rings is 2. The molecule has 0 unspecified atom stereocenters. The Kier molecular flexibility index (Phi) is 5.42. The fraction of sp³-hybridized carbons (Fsp3) is 0.375. The van der Waals surface area contributed by atoms with Crippen molar-refractivity contribution in [2.45, 2.75) is 43.2 Å². The third-order valence-corrected chi connectivity index (χ3v) is 8.36. The normalized spacial score (nSPS) is 19.4. The molecule has 0 atom stereocenters. The van der Waals surface area contributed by atoms with Crippen molar-refractivity contribution in [3.8, 4) is 11.3 Å². The number of piperidine rings is 1. The van der Waals surface area contributed by atoms with Crippen LogP contribution in [0, 0.1) is 5.41 Å². The largest absolute Gasteiger partial charge is 0.299 e. The highest BCUT2D eigenvalue weighted by Gasteiger charge is 2.47. The zero-order chi connectivity index (χ0) is 21.3. The fourth-order valence-electron chi connectivity index (χ4n) is 5.08. The number of sulfonamides is 1. The minimum Gasteiger partial charge on any atom is -0.299 e. The molecule has 0 amide bonds. The van der Waals surface area contributed by atoms with E-state index in [-0.39, 0.29) is 6.04 Å². The number of hydrogen-bond donors (Lipinski definition) is 2. The average molecular weight is 437 g/mol. The highest BCUT2D eigenvalue weighted by Crippen LogP contribution is 2.49. The molecule has 31 heavy (non-hydrogen) atoms. The Labute approximate surface area is 183 Å². The van der Waals surface area contributed by atoms with Gasteiger partial charge in [0.15, 0.2) is 0 Å². The molecule has 7 heteroatoms. The lowest BCUT2D eigenvalue weighted by molar-refractivity contribution is 0.0107. The van der Waals surface area contributed by atoms with Gasteiger partial charge in [0.2, 0.25) is 10.0 Å². The lowest BCUT2D eigenvalue weighted by atomic mass is 9.60. The van der Waals surface area contributed by atoms with Crippen LogP contribution in [0.4, 0.5) is 0 Å². The van der Waals surface area contributed by atoms with E-state index < -0.39 is 10.0 Å². The predicted molar refractivity (Wildman–Crippen MR) is 121 cm³/mol. The van der Waals surface area contributed by atoms with Gasteiger partial charge in [-0.2, -0.15) is 5.10 Å². The van der Waals surface area contributed by atoms with Crippen LogP contribution in [-0.4, -0.2) is 42.6 Å². The Bertz CT molecular complexity index is 1110. The smallest absolute Gasteiger partial charge is 0.240 e. The SMILES string of the molecule is O=S(=O)(NC1CC2(CCN(Cc3cn[nH]c3-c3ccccc3)CC2)C1)c1ccccc1. The lowest BCUT2D eigenvalue weighted by Crippen LogP contribution is -2.54. The molecular formula is C24H28N4O2S. The van der Waals surface area contributed by atoms with Gasteiger partial charge in [0.1, 0.15) is 0 Å². The second kappa shape index (κ2) is 8.22. The van der Waals surface area contributed by atoms with Gasteiger partial charge in [-0.25, -0.2) is 13.1 Å². The number of nitrogens with one attached hydrogen (secondary N) is 2. The number of aromatic nitrogens is 2. The summed E-state index contributed by atoms with van der Waals surface area (Å²) in [5, 5.41) is 7.42. The monoisotopic (exact) mass is 436 g/mol. The number of H-pyrrole nitrogens is 1. The van der Waals surface area contributed by atoms with Gasteiger partial charge in [-0.05, 0) is 61.9 Å². The first kappa shape index (κ1) is 20.4. The van der Waals surface area contributed by atoms with E-state index in [1.807, 2.05) is 30.5 Å². The van der Waals surface area contributed by atoms with E-state index in [4.69, 9.17) is 0 Å². The highest BCUT2D eigenvalue weighted by molar-refractivity contribution is 7.89. The molecular weight excluding hydrogens is 408 g/mol. The summed E-state index contributed by atoms with van der Waals surface area (Å²) in [6.07, 6.45) is 6.05. The minimum atomic E-state index is -3.42. The fourth-order valence-corrected chi connectivity index (χ4v) is 6.33. The van der Waals surface area contributed by atoms with Crippen LogP contribution in [0.1, 0.15) is 31.2 Å². The van der Waals surface area contributed by atoms with Gasteiger partial charge >= 0.3 is 0 Å². The first-order valence-corrected chi connectivity index (χ1v) is 12.4. The van der Waals surface area contributed by atoms with E-state index in [0.717, 1.165) is 56.6 Å². The van der Waals surface area contributed by atoms with Gasteiger partial charge in [0.25, 0.3) is 0 Å². The van der Waals surface area contributed by atoms with E-state index in [1.165, 1.54) is 5.56 Å². The first-order chi connectivity index (χ1) is 15.0. The van der Waals surface area contributed by atoms with Gasteiger partial charge in [-0.15, -0.1) is 0 Å². The minimum absolute atomic E-state index is 0.0512. The Morgan fingerprint density at radius 3 is 2.32 bits per heavy atom. The second-order valence-corrected chi connectivity index (χ2v) is 10.7. The third kappa shape index (κ3) is 4.31. The number of rotatable bonds is 6. The maximum atomic E-state index is 12.6. The van der Waals surface area contributed by atoms with Crippen molar-refractivity contribution >= 4 is 10.0 Å². The molecule has 2 N–H and O–H groups in total. The molecule has 2 aliphatic rings. The third-order valence-electron chi connectivity index (χ3n) is 6.83. The van der Waals surface area contributed by atoms with Gasteiger partial charge in [0, 0.05) is 18.2 Å². The maximum Gasteiger partial charge on any atom is 0.240 e. The standard InChI is InChI=1S/C24H28N4O2S/c29-31(30,22-9-5-2-6-10-22)27-21-15-24(16-21)11-13-28(14-12-24)18-20-17-25-26-23(20)19-7-3-1-4-8-19/h1-10,17,21,27H,11-16,18H2,(H,25,26). The molecule has 1 spiro atoms. The predicted octanol–water partition coefficient (Wildman–Crippen LogP) is 3.80. The van der Waals surface area contributed by atoms with Crippen molar-refractivity contribution in [3.05, 3.63) is 72.4 Å². The number of nitrogens with zero attached hydrogens (tertiary/aromatic N) is 2. The quantitative estimate of drug-likeness (QED) is 0.616. The van der Waals surface area contributed by atoms with Gasteiger partial charge in [-0.1, -0.05) is 48.5 Å². The Hall–Kier alpha value is -2.48. The van der Waals surface area contributed by atoms with Gasteiger partial charge in [0.05, 0.1) is 16.8 Å². The summed E-state index contributed by atoms with van der Waals surface area (Å²) in [7, 11) is -3.42. The molecule has 1 aromatic heterocycles. The highest BCUT2D eigenvalue weighted by atomic mass is 32.2. The Morgan fingerprint density at radius 2 is 1.65 bits per heavy atom. The summed E-state index contributed by atoms with van der Waals surface area (Å²) in [5.74, 6) is 0. The second-order valence-electron chi connectivity index (χ2n) is 8.95. The lowest BCUT2D eigenvalue weighted by Gasteiger charge is -2.52. The van der Waals surface area contributed by atoms with E-state index >= 15 is 0 Å². The zero-order valence-electron chi connectivity index (χ0n) is 17.5. The molecule has 1 saturated carbocycles. The maximum absolute atomic E-state index is 12.6. The average Bonchev–Trinajstić information content (AvgIpc) is 3.23. The molecule has 1 saturated heterocycles. The van der Waals surface area contributed by atoms with Crippen LogP contribution in [0.15, 0.2) is 71.8 Å². The Balaban J connectivity index is 1.14. The molecule has 0 bridgehead atoms. The molecule has 2 aromatic carbocycles. The van der Waals surface area contributed by atoms with E-state index in [1.54, 1.807) is 24.3 Å². The van der Waals surface area contributed by atoms with E-state index in [9.17, 15) is 8.42 Å². The summed E-state index contributed by atoms with van der Waals surface area (Å²) in [5.41, 5.74) is 3.78. The first-order valence-electron chi connectivity index (χ1n) is 10.9. The van der Waals surface area contributed by atoms with Crippen LogP contribution in [0.3, 0.4) is 0 Å². The summed E-state index contributed by atoms with van der Waals surface area (Å²) in [4.78, 5) is 2.84. The number of hydrogen-bond acceptors (Lipinski definition) is 4. The summed E-state index contributed by atoms with van der Waals surface area (Å²) < 4.78 is 28.0. The topological polar surface area (TPSA) is 78.1 Å². The molecule has 162 valence electrons. The summed E-state index contributed by atoms with van der Waals surface area (Å²) in [6.45, 7) is 2.97. The van der Waals surface area contributed by atoms with Crippen molar-refractivity contribution in [2.24, 2.45) is 5.41 Å². The van der Waals surface area contributed by atoms with Crippen molar-refractivity contribution in [3.63, 3.8) is 0 Å². The van der Waals surface area contributed by atoms with Crippen molar-refractivity contribution in [1.29, 1.82) is 0 Å². The molecule has 2 heterocycles. The molecule has 6 nitrogen and oxygen atoms in total. The van der Waals surface area contributed by atoms with Gasteiger partial charge in [-0.3, -0.25) is 10.00 Å². The van der Waals surface area contributed by atoms with Crippen molar-refractivity contribution in [2.75, 3.05) is 13.1 Å². The summed E-state index contributed by atoms with van der Waals surface area (Å²) in [6, 6.07) is 19.0. The van der Waals surface area contributed by atoms with Crippen LogP contribution in [-0.2, 0) is 16.6 Å². The van der Waals surface area contributed by atoms with Gasteiger partial charge < -0.3 is 0 Å². The van der Waals surface area contributed by atoms with Crippen LogP contribution in [0.2, 0.25) is 0 Å². The summed E-state index contributed by atoms with van der Waals surface area (Å²) >= 11 is 0. The number of likely N-dealkylation sites (tertiary alicyclic amines) is 1. The number of aromatic amines is 1. The molecule has 1 aliphatic carbocycles. The van der Waals surface area contributed by atoms with Crippen molar-refractivity contribution < 1.29 is 8.42 Å². The van der Waals surface area contributed by atoms with Crippen LogP contribution in [0.25, 0.3) is 11.3 Å². The van der Waals surface area contributed by atoms with Crippen LogP contribution < -0.4 is 4.72 Å². The molecule has 5 rings (SSSR count). The molecule has 1 aliphatic heterocycles. The van der Waals surface area contributed by atoms with E-state index in [0.29, 0.717) is 10.3 Å².